The molecule has 32 heavy (non-hydrogen) atoms. The van der Waals surface area contributed by atoms with Crippen LogP contribution in [0.3, 0.4) is 0 Å². The predicted octanol–water partition coefficient (Wildman–Crippen LogP) is 3.27. The van der Waals surface area contributed by atoms with Crippen molar-refractivity contribution in [3.05, 3.63) is 35.7 Å². The van der Waals surface area contributed by atoms with E-state index in [4.69, 9.17) is 14.3 Å². The maximum atomic E-state index is 12.5. The number of pyridine rings is 1. The van der Waals surface area contributed by atoms with E-state index in [9.17, 15) is 9.59 Å². The number of nitrogens with zero attached hydrogens (tertiary/aromatic N) is 1. The van der Waals surface area contributed by atoms with Gasteiger partial charge in [0, 0.05) is 18.8 Å². The molecule has 2 aliphatic rings. The third kappa shape index (κ3) is 7.69. The number of esters is 1. The summed E-state index contributed by atoms with van der Waals surface area (Å²) in [6.45, 7) is 6.86. The fourth-order valence-electron chi connectivity index (χ4n) is 3.46. The van der Waals surface area contributed by atoms with Crippen molar-refractivity contribution in [2.24, 2.45) is 5.92 Å². The molecule has 8 nitrogen and oxygen atoms in total. The first kappa shape index (κ1) is 24.4. The molecule has 1 aromatic rings. The van der Waals surface area contributed by atoms with Crippen molar-refractivity contribution in [1.82, 2.24) is 15.8 Å². The third-order valence-electron chi connectivity index (χ3n) is 5.59. The smallest absolute Gasteiger partial charge is 0.326 e. The Hall–Kier alpha value is -2.29. The van der Waals surface area contributed by atoms with Gasteiger partial charge < -0.3 is 9.47 Å². The lowest BCUT2D eigenvalue weighted by molar-refractivity contribution is -0.180. The summed E-state index contributed by atoms with van der Waals surface area (Å²) in [4.78, 5) is 34.0. The molecule has 2 N–H and O–H groups in total. The number of rotatable bonds is 12. The van der Waals surface area contributed by atoms with E-state index in [2.05, 4.69) is 15.8 Å². The van der Waals surface area contributed by atoms with Crippen molar-refractivity contribution in [3.63, 3.8) is 0 Å². The van der Waals surface area contributed by atoms with Crippen LogP contribution in [0.25, 0.3) is 6.08 Å². The molecule has 0 saturated heterocycles. The van der Waals surface area contributed by atoms with E-state index in [0.717, 1.165) is 49.8 Å². The average Bonchev–Trinajstić information content (AvgIpc) is 3.41. The van der Waals surface area contributed by atoms with E-state index < -0.39 is 11.8 Å². The quantitative estimate of drug-likeness (QED) is 0.220. The lowest BCUT2D eigenvalue weighted by Gasteiger charge is -2.19. The second-order valence-corrected chi connectivity index (χ2v) is 9.04. The molecule has 8 heteroatoms. The number of carbonyl (C=O) groups is 2. The van der Waals surface area contributed by atoms with Crippen LogP contribution in [0, 0.1) is 5.92 Å². The molecule has 3 rings (SSSR count). The summed E-state index contributed by atoms with van der Waals surface area (Å²) in [7, 11) is 0. The summed E-state index contributed by atoms with van der Waals surface area (Å²) in [6.07, 6.45) is 10.1. The van der Waals surface area contributed by atoms with Gasteiger partial charge in [0.15, 0.2) is 6.29 Å². The van der Waals surface area contributed by atoms with Gasteiger partial charge in [-0.05, 0) is 69.1 Å². The van der Waals surface area contributed by atoms with Crippen LogP contribution in [0.4, 0.5) is 0 Å². The Morgan fingerprint density at radius 3 is 2.59 bits per heavy atom. The minimum Gasteiger partial charge on any atom is -0.461 e. The van der Waals surface area contributed by atoms with Crippen molar-refractivity contribution >= 4 is 18.0 Å². The number of ether oxygens (including phenoxy) is 2. The molecular weight excluding hydrogens is 410 g/mol. The number of hydrogen-bond donors (Lipinski definition) is 2. The summed E-state index contributed by atoms with van der Waals surface area (Å²) >= 11 is 0. The van der Waals surface area contributed by atoms with Crippen molar-refractivity contribution in [2.75, 3.05) is 6.61 Å². The van der Waals surface area contributed by atoms with Gasteiger partial charge in [0.05, 0.1) is 12.3 Å². The Bertz CT molecular complexity index is 783. The lowest BCUT2D eigenvalue weighted by Crippen LogP contribution is -2.41. The molecule has 0 bridgehead atoms. The van der Waals surface area contributed by atoms with Crippen LogP contribution in [-0.4, -0.2) is 41.4 Å². The first-order valence-electron chi connectivity index (χ1n) is 11.5. The van der Waals surface area contributed by atoms with Gasteiger partial charge in [0.2, 0.25) is 0 Å². The molecule has 1 unspecified atom stereocenters. The molecule has 1 atom stereocenters. The summed E-state index contributed by atoms with van der Waals surface area (Å²) < 4.78 is 11.1. The highest BCUT2D eigenvalue weighted by atomic mass is 16.8. The highest BCUT2D eigenvalue weighted by molar-refractivity contribution is 5.90. The maximum absolute atomic E-state index is 12.5. The highest BCUT2D eigenvalue weighted by Gasteiger charge is 2.51. The van der Waals surface area contributed by atoms with Crippen LogP contribution in [0.2, 0.25) is 0 Å². The van der Waals surface area contributed by atoms with Gasteiger partial charge in [-0.25, -0.2) is 10.3 Å². The number of nitrogens with one attached hydrogen (secondary N) is 2. The molecule has 2 fully saturated rings. The van der Waals surface area contributed by atoms with Crippen LogP contribution in [0.1, 0.15) is 70.6 Å². The predicted molar refractivity (Wildman–Crippen MR) is 120 cm³/mol. The Morgan fingerprint density at radius 1 is 1.22 bits per heavy atom. The topological polar surface area (TPSA) is 98.8 Å². The van der Waals surface area contributed by atoms with E-state index >= 15 is 0 Å². The fourth-order valence-corrected chi connectivity index (χ4v) is 3.46. The van der Waals surface area contributed by atoms with Crippen molar-refractivity contribution < 1.29 is 23.9 Å². The Kier molecular flexibility index (Phi) is 8.78. The highest BCUT2D eigenvalue weighted by Crippen LogP contribution is 2.38. The van der Waals surface area contributed by atoms with Gasteiger partial charge in [0.1, 0.15) is 11.6 Å². The molecule has 2 saturated carbocycles. The molecule has 1 aromatic heterocycles. The Balaban J connectivity index is 1.39. The SMILES string of the molecule is CC(C)COC(C)ONC(=O)C=Cc1ccc(CNC2(C(=O)OC3CCCC3)CC2)nc1. The molecule has 1 amide bonds. The molecule has 0 spiro atoms. The number of hydroxylamine groups is 1. The van der Waals surface area contributed by atoms with Crippen LogP contribution in [0.15, 0.2) is 24.4 Å². The van der Waals surface area contributed by atoms with Gasteiger partial charge in [-0.3, -0.25) is 19.9 Å². The van der Waals surface area contributed by atoms with Crippen molar-refractivity contribution in [1.29, 1.82) is 0 Å². The zero-order valence-electron chi connectivity index (χ0n) is 19.3. The number of carbonyl (C=O) groups excluding carboxylic acids is 2. The third-order valence-corrected chi connectivity index (χ3v) is 5.59. The largest absolute Gasteiger partial charge is 0.461 e. The molecule has 0 aromatic carbocycles. The van der Waals surface area contributed by atoms with E-state index in [0.29, 0.717) is 19.1 Å². The Morgan fingerprint density at radius 2 is 1.97 bits per heavy atom. The van der Waals surface area contributed by atoms with Gasteiger partial charge >= 0.3 is 5.97 Å². The first-order chi connectivity index (χ1) is 15.4. The van der Waals surface area contributed by atoms with E-state index in [-0.39, 0.29) is 18.0 Å². The molecule has 0 radical (unpaired) electrons. The van der Waals surface area contributed by atoms with E-state index in [1.807, 2.05) is 26.0 Å². The van der Waals surface area contributed by atoms with E-state index in [1.165, 1.54) is 6.08 Å². The number of aromatic nitrogens is 1. The summed E-state index contributed by atoms with van der Waals surface area (Å²) in [5, 5.41) is 3.33. The maximum Gasteiger partial charge on any atom is 0.326 e. The van der Waals surface area contributed by atoms with Gasteiger partial charge in [0.25, 0.3) is 5.91 Å². The van der Waals surface area contributed by atoms with Gasteiger partial charge in [-0.1, -0.05) is 19.9 Å². The standard InChI is InChI=1S/C24H35N3O5/c1-17(2)16-30-18(3)32-27-22(28)11-9-19-8-10-20(25-14-19)15-26-24(12-13-24)23(29)31-21-6-4-5-7-21/h8-11,14,17-18,21,26H,4-7,12-13,15-16H2,1-3H3,(H,27,28). The summed E-state index contributed by atoms with van der Waals surface area (Å²) in [5.74, 6) is -0.115. The first-order valence-corrected chi connectivity index (χ1v) is 11.5. The van der Waals surface area contributed by atoms with Gasteiger partial charge in [-0.2, -0.15) is 0 Å². The lowest BCUT2D eigenvalue weighted by atomic mass is 10.2. The molecule has 2 aliphatic carbocycles. The normalized spacial score (nSPS) is 18.8. The summed E-state index contributed by atoms with van der Waals surface area (Å²) in [5.41, 5.74) is 3.41. The van der Waals surface area contributed by atoms with Crippen LogP contribution in [-0.2, 0) is 30.4 Å². The zero-order chi connectivity index (χ0) is 23.0. The number of hydrogen-bond acceptors (Lipinski definition) is 7. The molecule has 0 aliphatic heterocycles. The Labute approximate surface area is 190 Å². The number of amides is 1. The second-order valence-electron chi connectivity index (χ2n) is 9.04. The molecule has 1 heterocycles. The van der Waals surface area contributed by atoms with Crippen LogP contribution in [0.5, 0.6) is 0 Å². The zero-order valence-corrected chi connectivity index (χ0v) is 19.3. The molecule has 176 valence electrons. The fraction of sp³-hybridized carbons (Fsp3) is 0.625. The second kappa shape index (κ2) is 11.5. The summed E-state index contributed by atoms with van der Waals surface area (Å²) in [6, 6.07) is 3.75. The van der Waals surface area contributed by atoms with Crippen LogP contribution >= 0.6 is 0 Å². The monoisotopic (exact) mass is 445 g/mol. The molecular formula is C24H35N3O5. The minimum absolute atomic E-state index is 0.0874. The minimum atomic E-state index is -0.545. The van der Waals surface area contributed by atoms with Crippen LogP contribution < -0.4 is 10.8 Å². The average molecular weight is 446 g/mol. The van der Waals surface area contributed by atoms with Crippen molar-refractivity contribution in [3.8, 4) is 0 Å². The van der Waals surface area contributed by atoms with Crippen molar-refractivity contribution in [2.45, 2.75) is 83.8 Å². The van der Waals surface area contributed by atoms with Gasteiger partial charge in [-0.15, -0.1) is 0 Å². The van der Waals surface area contributed by atoms with E-state index in [1.54, 1.807) is 19.2 Å².